The molecule has 0 amide bonds. The maximum Gasteiger partial charge on any atom is 0.256 e. The van der Waals surface area contributed by atoms with Gasteiger partial charge in [-0.25, -0.2) is 4.85 Å². The second-order valence-corrected chi connectivity index (χ2v) is 7.60. The number of benzene rings is 2. The van der Waals surface area contributed by atoms with Crippen molar-refractivity contribution in [1.29, 1.82) is 0 Å². The second kappa shape index (κ2) is 7.34. The highest BCUT2D eigenvalue weighted by Crippen LogP contribution is 2.43. The van der Waals surface area contributed by atoms with Crippen molar-refractivity contribution in [2.75, 3.05) is 0 Å². The van der Waals surface area contributed by atoms with E-state index in [0.29, 0.717) is 41.6 Å². The van der Waals surface area contributed by atoms with Gasteiger partial charge >= 0.3 is 0 Å². The van der Waals surface area contributed by atoms with Gasteiger partial charge in [0, 0.05) is 11.1 Å². The second-order valence-electron chi connectivity index (χ2n) is 7.60. The Morgan fingerprint density at radius 3 is 2.86 bits per heavy atom. The van der Waals surface area contributed by atoms with E-state index >= 15 is 0 Å². The van der Waals surface area contributed by atoms with Gasteiger partial charge in [-0.1, -0.05) is 30.3 Å². The average Bonchev–Trinajstić information content (AvgIpc) is 3.34. The Hall–Kier alpha value is -3.17. The SMILES string of the molecule is [C-]#[N+]c1cc(-c2nc(-c3cccc4c3CCC4(O)CC)no2)ccc1OC(C)C. The summed E-state index contributed by atoms with van der Waals surface area (Å²) in [6.07, 6.45) is 2.14. The third-order valence-electron chi connectivity index (χ3n) is 5.41. The fourth-order valence-corrected chi connectivity index (χ4v) is 3.88. The first-order chi connectivity index (χ1) is 13.9. The molecule has 0 spiro atoms. The van der Waals surface area contributed by atoms with Gasteiger partial charge in [0.2, 0.25) is 11.5 Å². The van der Waals surface area contributed by atoms with E-state index in [2.05, 4.69) is 15.0 Å². The highest BCUT2D eigenvalue weighted by atomic mass is 16.5. The Morgan fingerprint density at radius 2 is 2.14 bits per heavy atom. The van der Waals surface area contributed by atoms with Crippen molar-refractivity contribution in [3.05, 3.63) is 58.9 Å². The summed E-state index contributed by atoms with van der Waals surface area (Å²) < 4.78 is 11.2. The fraction of sp³-hybridized carbons (Fsp3) is 0.348. The monoisotopic (exact) mass is 389 g/mol. The summed E-state index contributed by atoms with van der Waals surface area (Å²) in [4.78, 5) is 8.12. The molecule has 4 rings (SSSR count). The van der Waals surface area contributed by atoms with Crippen molar-refractivity contribution in [2.24, 2.45) is 0 Å². The van der Waals surface area contributed by atoms with Crippen molar-refractivity contribution in [2.45, 2.75) is 51.7 Å². The molecule has 0 saturated heterocycles. The Labute approximate surface area is 170 Å². The number of ether oxygens (including phenoxy) is 1. The molecule has 1 aliphatic rings. The van der Waals surface area contributed by atoms with Gasteiger partial charge in [-0.05, 0) is 62.4 Å². The zero-order chi connectivity index (χ0) is 20.6. The van der Waals surface area contributed by atoms with Crippen LogP contribution in [0.3, 0.4) is 0 Å². The van der Waals surface area contributed by atoms with Crippen LogP contribution < -0.4 is 4.74 Å². The fourth-order valence-electron chi connectivity index (χ4n) is 3.88. The van der Waals surface area contributed by atoms with Crippen LogP contribution in [0.25, 0.3) is 27.7 Å². The van der Waals surface area contributed by atoms with E-state index in [4.69, 9.17) is 15.8 Å². The lowest BCUT2D eigenvalue weighted by atomic mass is 9.92. The molecule has 0 bridgehead atoms. The maximum absolute atomic E-state index is 10.8. The number of fused-ring (bicyclic) bond motifs is 1. The Balaban J connectivity index is 1.70. The van der Waals surface area contributed by atoms with Crippen LogP contribution in [-0.2, 0) is 12.0 Å². The van der Waals surface area contributed by atoms with Crippen LogP contribution in [0.5, 0.6) is 5.75 Å². The first-order valence-electron chi connectivity index (χ1n) is 9.82. The maximum atomic E-state index is 10.8. The summed E-state index contributed by atoms with van der Waals surface area (Å²) in [7, 11) is 0. The predicted octanol–water partition coefficient (Wildman–Crippen LogP) is 5.29. The lowest BCUT2D eigenvalue weighted by Gasteiger charge is -2.21. The van der Waals surface area contributed by atoms with Crippen LogP contribution in [0.1, 0.15) is 44.7 Å². The molecule has 29 heavy (non-hydrogen) atoms. The smallest absolute Gasteiger partial charge is 0.256 e. The van der Waals surface area contributed by atoms with Crippen molar-refractivity contribution >= 4 is 5.69 Å². The Morgan fingerprint density at radius 1 is 1.31 bits per heavy atom. The van der Waals surface area contributed by atoms with E-state index in [0.717, 1.165) is 23.1 Å². The van der Waals surface area contributed by atoms with Crippen molar-refractivity contribution in [1.82, 2.24) is 10.1 Å². The van der Waals surface area contributed by atoms with Crippen LogP contribution in [0.4, 0.5) is 5.69 Å². The molecule has 1 N–H and O–H groups in total. The van der Waals surface area contributed by atoms with Gasteiger partial charge in [0.1, 0.15) is 5.75 Å². The molecule has 2 aromatic carbocycles. The lowest BCUT2D eigenvalue weighted by Crippen LogP contribution is -2.20. The van der Waals surface area contributed by atoms with Gasteiger partial charge in [0.05, 0.1) is 18.3 Å². The molecule has 148 valence electrons. The Kier molecular flexibility index (Phi) is 4.85. The largest absolute Gasteiger partial charge is 0.502 e. The third-order valence-corrected chi connectivity index (χ3v) is 5.41. The summed E-state index contributed by atoms with van der Waals surface area (Å²) in [5, 5.41) is 15.0. The zero-order valence-electron chi connectivity index (χ0n) is 16.8. The third kappa shape index (κ3) is 3.39. The molecule has 0 radical (unpaired) electrons. The van der Waals surface area contributed by atoms with Gasteiger partial charge in [0.15, 0.2) is 0 Å². The molecule has 1 aliphatic carbocycles. The molecular weight excluding hydrogens is 366 g/mol. The quantitative estimate of drug-likeness (QED) is 0.601. The number of aliphatic hydroxyl groups is 1. The molecule has 6 heteroatoms. The molecule has 1 atom stereocenters. The van der Waals surface area contributed by atoms with Crippen LogP contribution in [0.15, 0.2) is 40.9 Å². The van der Waals surface area contributed by atoms with Crippen LogP contribution in [-0.4, -0.2) is 21.4 Å². The number of hydrogen-bond donors (Lipinski definition) is 1. The van der Waals surface area contributed by atoms with E-state index in [9.17, 15) is 5.11 Å². The Bertz CT molecular complexity index is 1100. The number of hydrogen-bond acceptors (Lipinski definition) is 5. The minimum Gasteiger partial charge on any atom is -0.502 e. The lowest BCUT2D eigenvalue weighted by molar-refractivity contribution is 0.0346. The first kappa shape index (κ1) is 19.2. The van der Waals surface area contributed by atoms with Crippen LogP contribution in [0.2, 0.25) is 0 Å². The van der Waals surface area contributed by atoms with E-state index in [-0.39, 0.29) is 6.10 Å². The minimum absolute atomic E-state index is 0.0155. The van der Waals surface area contributed by atoms with Gasteiger partial charge in [-0.3, -0.25) is 0 Å². The summed E-state index contributed by atoms with van der Waals surface area (Å²) in [5.41, 5.74) is 3.20. The van der Waals surface area contributed by atoms with Crippen molar-refractivity contribution in [3.8, 4) is 28.6 Å². The summed E-state index contributed by atoms with van der Waals surface area (Å²) in [5.74, 6) is 1.38. The van der Waals surface area contributed by atoms with Gasteiger partial charge < -0.3 is 14.4 Å². The van der Waals surface area contributed by atoms with Crippen molar-refractivity contribution in [3.63, 3.8) is 0 Å². The zero-order valence-corrected chi connectivity index (χ0v) is 16.8. The predicted molar refractivity (Wildman–Crippen MR) is 110 cm³/mol. The van der Waals surface area contributed by atoms with Crippen molar-refractivity contribution < 1.29 is 14.4 Å². The normalized spacial score (nSPS) is 17.9. The van der Waals surface area contributed by atoms with Gasteiger partial charge in [-0.15, -0.1) is 0 Å². The average molecular weight is 389 g/mol. The summed E-state index contributed by atoms with van der Waals surface area (Å²) >= 11 is 0. The molecule has 6 nitrogen and oxygen atoms in total. The number of rotatable bonds is 5. The molecule has 0 aliphatic heterocycles. The highest BCUT2D eigenvalue weighted by Gasteiger charge is 2.36. The highest BCUT2D eigenvalue weighted by molar-refractivity contribution is 5.70. The van der Waals surface area contributed by atoms with Gasteiger partial charge in [-0.2, -0.15) is 4.98 Å². The standard InChI is InChI=1S/C23H23N3O3/c1-5-23(27)12-11-16-17(7-6-8-18(16)23)21-25-22(29-26-21)15-9-10-20(28-14(2)3)19(13-15)24-4/h6-10,13-14,27H,5,11-12H2,1-3H3. The number of aromatic nitrogens is 2. The first-order valence-corrected chi connectivity index (χ1v) is 9.82. The van der Waals surface area contributed by atoms with E-state index in [1.807, 2.05) is 45.0 Å². The number of nitrogens with zero attached hydrogens (tertiary/aromatic N) is 3. The molecular formula is C23H23N3O3. The molecule has 0 saturated carbocycles. The molecule has 1 unspecified atom stereocenters. The van der Waals surface area contributed by atoms with E-state index < -0.39 is 5.60 Å². The molecule has 1 aromatic heterocycles. The van der Waals surface area contributed by atoms with E-state index in [1.54, 1.807) is 12.1 Å². The summed E-state index contributed by atoms with van der Waals surface area (Å²) in [6.45, 7) is 13.3. The molecule has 3 aromatic rings. The summed E-state index contributed by atoms with van der Waals surface area (Å²) in [6, 6.07) is 11.1. The van der Waals surface area contributed by atoms with Gasteiger partial charge in [0.25, 0.3) is 5.89 Å². The minimum atomic E-state index is -0.783. The molecule has 1 heterocycles. The van der Waals surface area contributed by atoms with E-state index in [1.165, 1.54) is 0 Å². The van der Waals surface area contributed by atoms with Crippen LogP contribution >= 0.6 is 0 Å². The molecule has 0 fully saturated rings. The van der Waals surface area contributed by atoms with Crippen LogP contribution in [0, 0.1) is 6.57 Å². The topological polar surface area (TPSA) is 72.7 Å².